The first kappa shape index (κ1) is 15.7. The maximum Gasteiger partial charge on any atom is 0.260 e. The van der Waals surface area contributed by atoms with Crippen LogP contribution in [0.1, 0.15) is 11.3 Å². The fraction of sp³-hybridized carbons (Fsp3) is 0.100. The average Bonchev–Trinajstić information content (AvgIpc) is 3.01. The lowest BCUT2D eigenvalue weighted by atomic mass is 9.92. The second-order valence-electron chi connectivity index (χ2n) is 6.04. The summed E-state index contributed by atoms with van der Waals surface area (Å²) in [6.45, 7) is 3.84. The van der Waals surface area contributed by atoms with E-state index in [9.17, 15) is 4.79 Å². The molecular weight excluding hydrogens is 336 g/mol. The fourth-order valence-electron chi connectivity index (χ4n) is 3.11. The molecule has 0 spiro atoms. The van der Waals surface area contributed by atoms with Gasteiger partial charge in [0.05, 0.1) is 11.3 Å². The van der Waals surface area contributed by atoms with Crippen LogP contribution >= 0.6 is 11.6 Å². The number of rotatable bonds is 2. The highest BCUT2D eigenvalue weighted by Crippen LogP contribution is 2.37. The Morgan fingerprint density at radius 2 is 1.84 bits per heavy atom. The number of halogens is 1. The van der Waals surface area contributed by atoms with Gasteiger partial charge in [-0.15, -0.1) is 0 Å². The molecule has 0 aliphatic heterocycles. The molecule has 0 atom stereocenters. The Balaban J connectivity index is 2.21. The molecule has 0 aliphatic rings. The zero-order valence-electron chi connectivity index (χ0n) is 13.8. The summed E-state index contributed by atoms with van der Waals surface area (Å²) in [4.78, 5) is 15.8. The second-order valence-corrected chi connectivity index (χ2v) is 6.48. The summed E-state index contributed by atoms with van der Waals surface area (Å²) in [5.41, 5.74) is 4.52. The van der Waals surface area contributed by atoms with Crippen molar-refractivity contribution >= 4 is 22.5 Å². The van der Waals surface area contributed by atoms with E-state index in [1.165, 1.54) is 0 Å². The minimum absolute atomic E-state index is 0.218. The SMILES string of the molecule is Cc1cc(-c2c(-c3ccccc3C)c3cc(Cl)ccc3[nH]c2=O)on1. The quantitative estimate of drug-likeness (QED) is 0.545. The lowest BCUT2D eigenvalue weighted by molar-refractivity contribution is 0.427. The van der Waals surface area contributed by atoms with Crippen LogP contribution in [0.15, 0.2) is 57.8 Å². The molecule has 2 heterocycles. The zero-order chi connectivity index (χ0) is 17.6. The Kier molecular flexibility index (Phi) is 3.70. The second kappa shape index (κ2) is 5.90. The van der Waals surface area contributed by atoms with Gasteiger partial charge in [0.15, 0.2) is 5.76 Å². The molecule has 0 unspecified atom stereocenters. The number of nitrogens with zero attached hydrogens (tertiary/aromatic N) is 1. The Morgan fingerprint density at radius 1 is 1.04 bits per heavy atom. The van der Waals surface area contributed by atoms with Crippen molar-refractivity contribution in [3.63, 3.8) is 0 Å². The Labute approximate surface area is 149 Å². The van der Waals surface area contributed by atoms with E-state index in [4.69, 9.17) is 16.1 Å². The molecule has 2 aromatic heterocycles. The van der Waals surface area contributed by atoms with Crippen molar-refractivity contribution in [2.75, 3.05) is 0 Å². The van der Waals surface area contributed by atoms with E-state index >= 15 is 0 Å². The molecule has 0 saturated carbocycles. The predicted molar refractivity (Wildman–Crippen MR) is 100.0 cm³/mol. The number of nitrogens with one attached hydrogen (secondary N) is 1. The fourth-order valence-corrected chi connectivity index (χ4v) is 3.29. The van der Waals surface area contributed by atoms with Gasteiger partial charge in [-0.1, -0.05) is 41.0 Å². The molecule has 124 valence electrons. The summed E-state index contributed by atoms with van der Waals surface area (Å²) in [6, 6.07) is 15.1. The maximum atomic E-state index is 12.9. The molecule has 0 amide bonds. The smallest absolute Gasteiger partial charge is 0.260 e. The van der Waals surface area contributed by atoms with Gasteiger partial charge >= 0.3 is 0 Å². The van der Waals surface area contributed by atoms with Gasteiger partial charge < -0.3 is 9.51 Å². The summed E-state index contributed by atoms with van der Waals surface area (Å²) >= 11 is 6.23. The molecule has 0 saturated heterocycles. The summed E-state index contributed by atoms with van der Waals surface area (Å²) in [7, 11) is 0. The summed E-state index contributed by atoms with van der Waals surface area (Å²) in [5, 5.41) is 5.41. The lowest BCUT2D eigenvalue weighted by Gasteiger charge is -2.13. The maximum absolute atomic E-state index is 12.9. The first-order chi connectivity index (χ1) is 12.0. The molecule has 4 aromatic rings. The molecule has 0 aliphatic carbocycles. The highest BCUT2D eigenvalue weighted by Gasteiger charge is 2.20. The molecule has 0 fully saturated rings. The molecule has 25 heavy (non-hydrogen) atoms. The van der Waals surface area contributed by atoms with Crippen LogP contribution in [0.5, 0.6) is 0 Å². The highest BCUT2D eigenvalue weighted by molar-refractivity contribution is 6.31. The number of benzene rings is 2. The third kappa shape index (κ3) is 2.65. The van der Waals surface area contributed by atoms with Crippen LogP contribution < -0.4 is 5.56 Å². The first-order valence-corrected chi connectivity index (χ1v) is 8.27. The summed E-state index contributed by atoms with van der Waals surface area (Å²) < 4.78 is 5.41. The van der Waals surface area contributed by atoms with Crippen LogP contribution in [0.25, 0.3) is 33.4 Å². The van der Waals surface area contributed by atoms with E-state index in [1.54, 1.807) is 12.1 Å². The number of aryl methyl sites for hydroxylation is 2. The van der Waals surface area contributed by atoms with E-state index < -0.39 is 0 Å². The molecule has 2 aromatic carbocycles. The van der Waals surface area contributed by atoms with Crippen LogP contribution in [0, 0.1) is 13.8 Å². The van der Waals surface area contributed by atoms with Crippen molar-refractivity contribution in [3.05, 3.63) is 75.2 Å². The van der Waals surface area contributed by atoms with Gasteiger partial charge in [-0.3, -0.25) is 4.79 Å². The lowest BCUT2D eigenvalue weighted by Crippen LogP contribution is -2.11. The number of H-pyrrole nitrogens is 1. The molecule has 5 heteroatoms. The van der Waals surface area contributed by atoms with Crippen molar-refractivity contribution in [1.29, 1.82) is 0 Å². The van der Waals surface area contributed by atoms with Gasteiger partial charge in [0.1, 0.15) is 0 Å². The van der Waals surface area contributed by atoms with E-state index in [0.29, 0.717) is 16.3 Å². The van der Waals surface area contributed by atoms with Gasteiger partial charge in [-0.2, -0.15) is 0 Å². The molecule has 0 bridgehead atoms. The Bertz CT molecular complexity index is 1160. The summed E-state index contributed by atoms with van der Waals surface area (Å²) in [5.74, 6) is 0.443. The number of hydrogen-bond donors (Lipinski definition) is 1. The van der Waals surface area contributed by atoms with Crippen LogP contribution in [-0.2, 0) is 0 Å². The number of fused-ring (bicyclic) bond motifs is 1. The molecule has 4 rings (SSSR count). The van der Waals surface area contributed by atoms with E-state index in [-0.39, 0.29) is 5.56 Å². The minimum Gasteiger partial charge on any atom is -0.356 e. The zero-order valence-corrected chi connectivity index (χ0v) is 14.5. The van der Waals surface area contributed by atoms with Crippen molar-refractivity contribution in [3.8, 4) is 22.5 Å². The summed E-state index contributed by atoms with van der Waals surface area (Å²) in [6.07, 6.45) is 0. The Morgan fingerprint density at radius 3 is 2.56 bits per heavy atom. The van der Waals surface area contributed by atoms with Crippen molar-refractivity contribution < 1.29 is 4.52 Å². The van der Waals surface area contributed by atoms with Crippen molar-refractivity contribution in [2.24, 2.45) is 0 Å². The monoisotopic (exact) mass is 350 g/mol. The van der Waals surface area contributed by atoms with Gasteiger partial charge in [-0.25, -0.2) is 0 Å². The van der Waals surface area contributed by atoms with Gasteiger partial charge in [0.25, 0.3) is 5.56 Å². The number of aromatic nitrogens is 2. The van der Waals surface area contributed by atoms with E-state index in [2.05, 4.69) is 10.1 Å². The van der Waals surface area contributed by atoms with Crippen molar-refractivity contribution in [2.45, 2.75) is 13.8 Å². The Hall–Kier alpha value is -2.85. The number of hydrogen-bond acceptors (Lipinski definition) is 3. The molecule has 0 radical (unpaired) electrons. The normalized spacial score (nSPS) is 11.2. The standard InChI is InChI=1S/C20H15ClN2O2/c1-11-5-3-4-6-14(11)18-15-10-13(21)7-8-16(15)22-20(24)19(18)17-9-12(2)23-25-17/h3-10H,1-2H3,(H,22,24). The van der Waals surface area contributed by atoms with Crippen LogP contribution in [-0.4, -0.2) is 10.1 Å². The topological polar surface area (TPSA) is 58.9 Å². The van der Waals surface area contributed by atoms with Crippen molar-refractivity contribution in [1.82, 2.24) is 10.1 Å². The van der Waals surface area contributed by atoms with E-state index in [0.717, 1.165) is 33.3 Å². The third-order valence-electron chi connectivity index (χ3n) is 4.26. The molecule has 4 nitrogen and oxygen atoms in total. The largest absolute Gasteiger partial charge is 0.356 e. The van der Waals surface area contributed by atoms with E-state index in [1.807, 2.05) is 50.2 Å². The average molecular weight is 351 g/mol. The van der Waals surface area contributed by atoms with Crippen LogP contribution in [0.4, 0.5) is 0 Å². The highest BCUT2D eigenvalue weighted by atomic mass is 35.5. The minimum atomic E-state index is -0.218. The van der Waals surface area contributed by atoms with Gasteiger partial charge in [-0.05, 0) is 43.2 Å². The number of pyridine rings is 1. The van der Waals surface area contributed by atoms with Crippen LogP contribution in [0.2, 0.25) is 5.02 Å². The van der Waals surface area contributed by atoms with Gasteiger partial charge in [0, 0.05) is 27.6 Å². The third-order valence-corrected chi connectivity index (χ3v) is 4.50. The molecular formula is C20H15ClN2O2. The van der Waals surface area contributed by atoms with Gasteiger partial charge in [0.2, 0.25) is 0 Å². The first-order valence-electron chi connectivity index (χ1n) is 7.90. The predicted octanol–water partition coefficient (Wildman–Crippen LogP) is 5.12. The van der Waals surface area contributed by atoms with Crippen LogP contribution in [0.3, 0.4) is 0 Å². The molecule has 1 N–H and O–H groups in total. The number of aromatic amines is 1.